The Morgan fingerprint density at radius 3 is 2.04 bits per heavy atom. The van der Waals surface area contributed by atoms with E-state index >= 15 is 0 Å². The van der Waals surface area contributed by atoms with Gasteiger partial charge in [0.05, 0.1) is 0 Å². The van der Waals surface area contributed by atoms with Gasteiger partial charge < -0.3 is 4.57 Å². The lowest BCUT2D eigenvalue weighted by Crippen LogP contribution is -2.26. The molecule has 0 aliphatic rings. The first-order valence-corrected chi connectivity index (χ1v) is 10.5. The molecule has 3 rings (SSSR count). The van der Waals surface area contributed by atoms with Crippen LogP contribution in [0.25, 0.3) is 0 Å². The van der Waals surface area contributed by atoms with Gasteiger partial charge in [-0.3, -0.25) is 4.79 Å². The summed E-state index contributed by atoms with van der Waals surface area (Å²) in [7, 11) is -3.49. The van der Waals surface area contributed by atoms with Gasteiger partial charge in [0, 0.05) is 16.2 Å². The summed E-state index contributed by atoms with van der Waals surface area (Å²) < 4.78 is 14.4. The largest absolute Gasteiger partial charge is 0.305 e. The highest BCUT2D eigenvalue weighted by Gasteiger charge is 2.38. The molecule has 3 aromatic rings. The molecule has 0 radical (unpaired) electrons. The van der Waals surface area contributed by atoms with Gasteiger partial charge in [-0.15, -0.1) is 0 Å². The molecule has 26 heavy (non-hydrogen) atoms. The van der Waals surface area contributed by atoms with Gasteiger partial charge in [-0.25, -0.2) is 0 Å². The second-order valence-electron chi connectivity index (χ2n) is 6.78. The number of carbonyl (C=O) groups excluding carboxylic acids is 1. The summed E-state index contributed by atoms with van der Waals surface area (Å²) in [6, 6.07) is 24.1. The first kappa shape index (κ1) is 18.4. The molecule has 0 heterocycles. The molecule has 0 saturated carbocycles. The molecule has 1 unspecified atom stereocenters. The van der Waals surface area contributed by atoms with Crippen LogP contribution in [0.5, 0.6) is 0 Å². The Morgan fingerprint density at radius 1 is 0.808 bits per heavy atom. The zero-order valence-corrected chi connectivity index (χ0v) is 16.2. The van der Waals surface area contributed by atoms with Crippen molar-refractivity contribution in [2.45, 2.75) is 26.7 Å². The second kappa shape index (κ2) is 7.43. The van der Waals surface area contributed by atoms with E-state index < -0.39 is 7.14 Å². The van der Waals surface area contributed by atoms with Crippen LogP contribution in [0.15, 0.2) is 78.9 Å². The fraction of sp³-hybridized carbons (Fsp3) is 0.174. The third kappa shape index (κ3) is 3.18. The maximum absolute atomic E-state index is 14.4. The van der Waals surface area contributed by atoms with Crippen LogP contribution in [0.3, 0.4) is 0 Å². The van der Waals surface area contributed by atoms with E-state index in [2.05, 4.69) is 13.8 Å². The smallest absolute Gasteiger partial charge is 0.230 e. The van der Waals surface area contributed by atoms with Gasteiger partial charge in [0.25, 0.3) is 0 Å². The van der Waals surface area contributed by atoms with Crippen LogP contribution in [0.4, 0.5) is 0 Å². The maximum atomic E-state index is 14.4. The summed E-state index contributed by atoms with van der Waals surface area (Å²) in [5, 5.41) is 1.23. The Bertz CT molecular complexity index is 974. The van der Waals surface area contributed by atoms with Crippen molar-refractivity contribution < 1.29 is 9.36 Å². The molecule has 3 aromatic carbocycles. The number of hydrogen-bond donors (Lipinski definition) is 0. The molecule has 3 heteroatoms. The molecule has 0 bridgehead atoms. The zero-order valence-electron chi connectivity index (χ0n) is 15.3. The van der Waals surface area contributed by atoms with Crippen molar-refractivity contribution in [2.24, 2.45) is 0 Å². The molecular formula is C23H23O2P. The van der Waals surface area contributed by atoms with Gasteiger partial charge in [0.1, 0.15) is 0 Å². The molecule has 0 aliphatic heterocycles. The van der Waals surface area contributed by atoms with E-state index in [0.717, 1.165) is 11.1 Å². The fourth-order valence-corrected chi connectivity index (χ4v) is 6.15. The molecule has 0 aliphatic carbocycles. The molecule has 1 atom stereocenters. The standard InChI is InChI=1S/C23H23O2P/c1-17(2)20-14-9-10-16-22(20)26(25,19-12-5-4-6-13-19)23(24)21-15-8-7-11-18(21)3/h4-17H,1-3H3. The minimum atomic E-state index is -3.49. The summed E-state index contributed by atoms with van der Waals surface area (Å²) >= 11 is 0. The van der Waals surface area contributed by atoms with Gasteiger partial charge in [0.2, 0.25) is 12.7 Å². The van der Waals surface area contributed by atoms with Gasteiger partial charge >= 0.3 is 0 Å². The molecule has 0 aromatic heterocycles. The van der Waals surface area contributed by atoms with E-state index in [-0.39, 0.29) is 11.4 Å². The average Bonchev–Trinajstić information content (AvgIpc) is 2.68. The average molecular weight is 362 g/mol. The monoisotopic (exact) mass is 362 g/mol. The third-order valence-electron chi connectivity index (χ3n) is 4.68. The topological polar surface area (TPSA) is 34.1 Å². The van der Waals surface area contributed by atoms with E-state index in [1.807, 2.05) is 67.6 Å². The Kier molecular flexibility index (Phi) is 5.25. The number of hydrogen-bond acceptors (Lipinski definition) is 2. The van der Waals surface area contributed by atoms with E-state index in [4.69, 9.17) is 0 Å². The van der Waals surface area contributed by atoms with Crippen molar-refractivity contribution in [2.75, 3.05) is 0 Å². The maximum Gasteiger partial charge on any atom is 0.230 e. The normalized spacial score (nSPS) is 13.4. The number of carbonyl (C=O) groups is 1. The van der Waals surface area contributed by atoms with Crippen LogP contribution >= 0.6 is 7.14 Å². The van der Waals surface area contributed by atoms with Gasteiger partial charge in [0.15, 0.2) is 0 Å². The lowest BCUT2D eigenvalue weighted by Gasteiger charge is -2.23. The minimum absolute atomic E-state index is 0.174. The van der Waals surface area contributed by atoms with Crippen LogP contribution in [0, 0.1) is 6.92 Å². The van der Waals surface area contributed by atoms with Crippen molar-refractivity contribution in [3.63, 3.8) is 0 Å². The lowest BCUT2D eigenvalue weighted by molar-refractivity contribution is 0.107. The van der Waals surface area contributed by atoms with E-state index in [1.54, 1.807) is 18.2 Å². The number of benzene rings is 3. The van der Waals surface area contributed by atoms with Crippen molar-refractivity contribution >= 4 is 23.3 Å². The molecule has 2 nitrogen and oxygen atoms in total. The van der Waals surface area contributed by atoms with Crippen LogP contribution in [-0.4, -0.2) is 5.52 Å². The first-order valence-electron chi connectivity index (χ1n) is 8.82. The van der Waals surface area contributed by atoms with Crippen molar-refractivity contribution in [1.82, 2.24) is 0 Å². The van der Waals surface area contributed by atoms with Crippen LogP contribution in [0.2, 0.25) is 0 Å². The van der Waals surface area contributed by atoms with E-state index in [1.165, 1.54) is 0 Å². The molecule has 0 spiro atoms. The third-order valence-corrected chi connectivity index (χ3v) is 7.60. The number of aryl methyl sites for hydroxylation is 1. The molecule has 0 N–H and O–H groups in total. The minimum Gasteiger partial charge on any atom is -0.305 e. The van der Waals surface area contributed by atoms with Crippen LogP contribution in [0.1, 0.15) is 41.3 Å². The molecule has 0 fully saturated rings. The van der Waals surface area contributed by atoms with Crippen molar-refractivity contribution in [3.05, 3.63) is 95.6 Å². The summed E-state index contributed by atoms with van der Waals surface area (Å²) in [6.45, 7) is 6.01. The molecular weight excluding hydrogens is 339 g/mol. The molecule has 0 saturated heterocycles. The summed E-state index contributed by atoms with van der Waals surface area (Å²) in [6.07, 6.45) is 0. The van der Waals surface area contributed by atoms with Crippen LogP contribution in [-0.2, 0) is 4.57 Å². The van der Waals surface area contributed by atoms with Crippen molar-refractivity contribution in [3.8, 4) is 0 Å². The Labute approximate surface area is 155 Å². The Morgan fingerprint density at radius 2 is 1.38 bits per heavy atom. The van der Waals surface area contributed by atoms with Gasteiger partial charge in [-0.2, -0.15) is 0 Å². The SMILES string of the molecule is Cc1ccccc1C(=O)P(=O)(c1ccccc1)c1ccccc1C(C)C. The second-order valence-corrected chi connectivity index (χ2v) is 9.40. The highest BCUT2D eigenvalue weighted by Crippen LogP contribution is 2.48. The quantitative estimate of drug-likeness (QED) is 0.579. The predicted molar refractivity (Wildman–Crippen MR) is 109 cm³/mol. The highest BCUT2D eigenvalue weighted by molar-refractivity contribution is 7.93. The zero-order chi connectivity index (χ0) is 18.7. The van der Waals surface area contributed by atoms with Gasteiger partial charge in [-0.05, 0) is 24.0 Å². The lowest BCUT2D eigenvalue weighted by atomic mass is 10.0. The van der Waals surface area contributed by atoms with Crippen LogP contribution < -0.4 is 10.6 Å². The number of rotatable bonds is 5. The Hall–Kier alpha value is -2.44. The Balaban J connectivity index is 2.31. The summed E-state index contributed by atoms with van der Waals surface area (Å²) in [5.41, 5.74) is 2.03. The molecule has 0 amide bonds. The first-order chi connectivity index (χ1) is 12.5. The van der Waals surface area contributed by atoms with E-state index in [9.17, 15) is 9.36 Å². The summed E-state index contributed by atoms with van der Waals surface area (Å²) in [5.74, 6) is 0.174. The summed E-state index contributed by atoms with van der Waals surface area (Å²) in [4.78, 5) is 13.6. The van der Waals surface area contributed by atoms with Gasteiger partial charge in [-0.1, -0.05) is 92.7 Å². The van der Waals surface area contributed by atoms with E-state index in [0.29, 0.717) is 16.2 Å². The fourth-order valence-electron chi connectivity index (χ4n) is 3.25. The molecule has 132 valence electrons. The van der Waals surface area contributed by atoms with Crippen molar-refractivity contribution in [1.29, 1.82) is 0 Å². The highest BCUT2D eigenvalue weighted by atomic mass is 31.2. The predicted octanol–water partition coefficient (Wildman–Crippen LogP) is 5.27.